The summed E-state index contributed by atoms with van der Waals surface area (Å²) in [6.07, 6.45) is 0. The summed E-state index contributed by atoms with van der Waals surface area (Å²) in [6, 6.07) is 6.69. The number of anilines is 1. The number of carbonyl (C=O) groups is 1. The molecule has 1 atom stereocenters. The fraction of sp³-hybridized carbons (Fsp3) is 0.412. The van der Waals surface area contributed by atoms with E-state index in [1.165, 1.54) is 0 Å². The number of benzene rings is 1. The van der Waals surface area contributed by atoms with Crippen molar-refractivity contribution in [2.75, 3.05) is 11.9 Å². The molecule has 0 aliphatic rings. The Morgan fingerprint density at radius 2 is 2.12 bits per heavy atom. The van der Waals surface area contributed by atoms with E-state index in [2.05, 4.69) is 20.8 Å². The van der Waals surface area contributed by atoms with Gasteiger partial charge in [0.2, 0.25) is 5.91 Å². The second-order valence-electron chi connectivity index (χ2n) is 6.56. The number of nitrogens with two attached hydrogens (primary N) is 1. The van der Waals surface area contributed by atoms with Gasteiger partial charge in [-0.25, -0.2) is 0 Å². The Kier molecular flexibility index (Phi) is 5.51. The minimum Gasteiger partial charge on any atom is -0.383 e. The number of nitrogens with zero attached hydrogens (tertiary/aromatic N) is 1. The van der Waals surface area contributed by atoms with Crippen molar-refractivity contribution < 1.29 is 4.79 Å². The third kappa shape index (κ3) is 4.49. The van der Waals surface area contributed by atoms with E-state index < -0.39 is 11.6 Å². The van der Waals surface area contributed by atoms with Crippen molar-refractivity contribution in [1.82, 2.24) is 15.5 Å². The highest BCUT2D eigenvalue weighted by molar-refractivity contribution is 6.30. The zero-order chi connectivity index (χ0) is 17.9. The molecule has 1 aromatic carbocycles. The molecular formula is C17H24ClN5O. The molecule has 2 rings (SSSR count). The lowest BCUT2D eigenvalue weighted by Gasteiger charge is -2.28. The van der Waals surface area contributed by atoms with Gasteiger partial charge in [-0.3, -0.25) is 9.89 Å². The van der Waals surface area contributed by atoms with Crippen molar-refractivity contribution >= 4 is 23.2 Å². The predicted octanol–water partition coefficient (Wildman–Crippen LogP) is 2.69. The van der Waals surface area contributed by atoms with Crippen LogP contribution in [0.15, 0.2) is 24.3 Å². The number of aromatic nitrogens is 2. The van der Waals surface area contributed by atoms with Crippen LogP contribution in [0.2, 0.25) is 5.02 Å². The Labute approximate surface area is 147 Å². The molecule has 7 heteroatoms. The second kappa shape index (κ2) is 7.23. The smallest absolute Gasteiger partial charge is 0.242 e. The first-order chi connectivity index (χ1) is 11.2. The zero-order valence-corrected chi connectivity index (χ0v) is 15.2. The third-order valence-corrected chi connectivity index (χ3v) is 4.03. The van der Waals surface area contributed by atoms with Gasteiger partial charge >= 0.3 is 0 Å². The van der Waals surface area contributed by atoms with Crippen LogP contribution in [0.25, 0.3) is 0 Å². The van der Waals surface area contributed by atoms with E-state index in [1.54, 1.807) is 0 Å². The van der Waals surface area contributed by atoms with Gasteiger partial charge in [-0.05, 0) is 45.9 Å². The fourth-order valence-electron chi connectivity index (χ4n) is 2.53. The highest BCUT2D eigenvalue weighted by atomic mass is 35.5. The van der Waals surface area contributed by atoms with Crippen LogP contribution in [-0.4, -0.2) is 28.2 Å². The normalized spacial score (nSPS) is 12.8. The van der Waals surface area contributed by atoms with Gasteiger partial charge in [-0.15, -0.1) is 0 Å². The molecule has 0 aliphatic carbocycles. The third-order valence-electron chi connectivity index (χ3n) is 3.80. The Balaban J connectivity index is 1.99. The zero-order valence-electron chi connectivity index (χ0n) is 14.4. The van der Waals surface area contributed by atoms with Gasteiger partial charge in [0, 0.05) is 28.5 Å². The first-order valence-electron chi connectivity index (χ1n) is 7.78. The van der Waals surface area contributed by atoms with Gasteiger partial charge in [-0.1, -0.05) is 17.7 Å². The van der Waals surface area contributed by atoms with Gasteiger partial charge in [0.1, 0.15) is 6.04 Å². The Morgan fingerprint density at radius 3 is 2.71 bits per heavy atom. The Bertz CT molecular complexity index is 706. The number of rotatable bonds is 6. The Morgan fingerprint density at radius 1 is 1.42 bits per heavy atom. The van der Waals surface area contributed by atoms with E-state index >= 15 is 0 Å². The van der Waals surface area contributed by atoms with Crippen molar-refractivity contribution in [1.29, 1.82) is 0 Å². The van der Waals surface area contributed by atoms with Crippen molar-refractivity contribution in [3.05, 3.63) is 46.2 Å². The van der Waals surface area contributed by atoms with Gasteiger partial charge in [0.25, 0.3) is 0 Å². The summed E-state index contributed by atoms with van der Waals surface area (Å²) in [6.45, 7) is 8.09. The molecule has 1 amide bonds. The average Bonchev–Trinajstić information content (AvgIpc) is 2.83. The molecule has 0 bridgehead atoms. The highest BCUT2D eigenvalue weighted by Crippen LogP contribution is 2.19. The number of carbonyl (C=O) groups excluding carboxylic acids is 1. The molecule has 0 fully saturated rings. The topological polar surface area (TPSA) is 95.8 Å². The summed E-state index contributed by atoms with van der Waals surface area (Å²) in [4.78, 5) is 12.5. The molecule has 6 nitrogen and oxygen atoms in total. The molecule has 24 heavy (non-hydrogen) atoms. The SMILES string of the molecule is Cc1n[nH]c(C)c1[C@H](N)C(=O)NC(C)(C)CNc1cccc(Cl)c1. The van der Waals surface area contributed by atoms with Crippen LogP contribution in [0.5, 0.6) is 0 Å². The summed E-state index contributed by atoms with van der Waals surface area (Å²) >= 11 is 5.97. The summed E-state index contributed by atoms with van der Waals surface area (Å²) in [5.74, 6) is -0.236. The predicted molar refractivity (Wildman–Crippen MR) is 97.2 cm³/mol. The molecule has 1 heterocycles. The molecule has 0 radical (unpaired) electrons. The second-order valence-corrected chi connectivity index (χ2v) is 7.00. The molecule has 0 saturated carbocycles. The number of amides is 1. The summed E-state index contributed by atoms with van der Waals surface area (Å²) in [5, 5.41) is 13.9. The first-order valence-corrected chi connectivity index (χ1v) is 8.16. The lowest BCUT2D eigenvalue weighted by Crippen LogP contribution is -2.51. The van der Waals surface area contributed by atoms with E-state index in [-0.39, 0.29) is 5.91 Å². The van der Waals surface area contributed by atoms with Crippen molar-refractivity contribution in [3.63, 3.8) is 0 Å². The molecule has 0 spiro atoms. The molecule has 5 N–H and O–H groups in total. The monoisotopic (exact) mass is 349 g/mol. The van der Waals surface area contributed by atoms with Crippen molar-refractivity contribution in [2.24, 2.45) is 5.73 Å². The van der Waals surface area contributed by atoms with Crippen LogP contribution in [-0.2, 0) is 4.79 Å². The average molecular weight is 350 g/mol. The minimum atomic E-state index is -0.755. The number of nitrogens with one attached hydrogen (secondary N) is 3. The first kappa shape index (κ1) is 18.3. The molecule has 0 aliphatic heterocycles. The lowest BCUT2D eigenvalue weighted by atomic mass is 10.0. The van der Waals surface area contributed by atoms with Gasteiger partial charge in [0.15, 0.2) is 0 Å². The maximum absolute atomic E-state index is 12.5. The van der Waals surface area contributed by atoms with Crippen molar-refractivity contribution in [3.8, 4) is 0 Å². The minimum absolute atomic E-state index is 0.236. The van der Waals surface area contributed by atoms with Crippen molar-refractivity contribution in [2.45, 2.75) is 39.3 Å². The van der Waals surface area contributed by atoms with Crippen LogP contribution < -0.4 is 16.4 Å². The van der Waals surface area contributed by atoms with Gasteiger partial charge in [-0.2, -0.15) is 5.10 Å². The van der Waals surface area contributed by atoms with Crippen LogP contribution in [0.3, 0.4) is 0 Å². The highest BCUT2D eigenvalue weighted by Gasteiger charge is 2.27. The largest absolute Gasteiger partial charge is 0.383 e. The lowest BCUT2D eigenvalue weighted by molar-refractivity contribution is -0.124. The molecule has 130 valence electrons. The summed E-state index contributed by atoms with van der Waals surface area (Å²) in [5.41, 5.74) is 8.82. The van der Waals surface area contributed by atoms with E-state index in [1.807, 2.05) is 52.0 Å². The Hall–Kier alpha value is -2.05. The maximum atomic E-state index is 12.5. The van der Waals surface area contributed by atoms with E-state index in [4.69, 9.17) is 17.3 Å². The number of hydrogen-bond donors (Lipinski definition) is 4. The molecular weight excluding hydrogens is 326 g/mol. The summed E-state index contributed by atoms with van der Waals surface area (Å²) < 4.78 is 0. The molecule has 1 aromatic heterocycles. The number of hydrogen-bond acceptors (Lipinski definition) is 4. The number of halogens is 1. The molecule has 2 aromatic rings. The maximum Gasteiger partial charge on any atom is 0.242 e. The fourth-order valence-corrected chi connectivity index (χ4v) is 2.72. The van der Waals surface area contributed by atoms with Crippen LogP contribution >= 0.6 is 11.6 Å². The van der Waals surface area contributed by atoms with Crippen LogP contribution in [0.1, 0.15) is 36.8 Å². The number of aromatic amines is 1. The van der Waals surface area contributed by atoms with Gasteiger partial charge in [0.05, 0.1) is 11.2 Å². The molecule has 0 unspecified atom stereocenters. The number of aryl methyl sites for hydroxylation is 2. The standard InChI is InChI=1S/C17H24ClN5O/c1-10-14(11(2)23-22-10)15(19)16(24)21-17(3,4)9-20-13-7-5-6-12(18)8-13/h5-8,15,20H,9,19H2,1-4H3,(H,21,24)(H,22,23)/t15-/m0/s1. The van der Waals surface area contributed by atoms with E-state index in [0.29, 0.717) is 11.6 Å². The van der Waals surface area contributed by atoms with Crippen LogP contribution in [0.4, 0.5) is 5.69 Å². The van der Waals surface area contributed by atoms with E-state index in [0.717, 1.165) is 22.6 Å². The van der Waals surface area contributed by atoms with Gasteiger partial charge < -0.3 is 16.4 Å². The quantitative estimate of drug-likeness (QED) is 0.644. The van der Waals surface area contributed by atoms with E-state index in [9.17, 15) is 4.79 Å². The molecule has 0 saturated heterocycles. The van der Waals surface area contributed by atoms with Crippen LogP contribution in [0, 0.1) is 13.8 Å². The number of H-pyrrole nitrogens is 1. The summed E-state index contributed by atoms with van der Waals surface area (Å²) in [7, 11) is 0.